The van der Waals surface area contributed by atoms with Crippen LogP contribution in [0.2, 0.25) is 0 Å². The fraction of sp³-hybridized carbons (Fsp3) is 0.500. The number of hydrogen-bond donors (Lipinski definition) is 2. The highest BCUT2D eigenvalue weighted by atomic mass is 16.5. The quantitative estimate of drug-likeness (QED) is 0.800. The highest BCUT2D eigenvalue weighted by Gasteiger charge is 2.27. The molecule has 0 spiro atoms. The predicted molar refractivity (Wildman–Crippen MR) is 107 cm³/mol. The zero-order chi connectivity index (χ0) is 19.4. The lowest BCUT2D eigenvalue weighted by atomic mass is 10.1. The smallest absolute Gasteiger partial charge is 0.222 e. The van der Waals surface area contributed by atoms with E-state index in [4.69, 9.17) is 10.5 Å². The number of aryl methyl sites for hydroxylation is 2. The van der Waals surface area contributed by atoms with E-state index in [1.54, 1.807) is 7.11 Å². The molecule has 3 rings (SSSR count). The van der Waals surface area contributed by atoms with Crippen LogP contribution in [0.1, 0.15) is 23.2 Å². The van der Waals surface area contributed by atoms with Crippen LogP contribution in [0.15, 0.2) is 24.3 Å². The maximum atomic E-state index is 9.55. The number of aliphatic hydroxyl groups excluding tert-OH is 1. The van der Waals surface area contributed by atoms with Crippen LogP contribution in [0, 0.1) is 13.8 Å². The molecule has 1 fully saturated rings. The van der Waals surface area contributed by atoms with Crippen molar-refractivity contribution < 1.29 is 9.84 Å². The molecule has 27 heavy (non-hydrogen) atoms. The van der Waals surface area contributed by atoms with Crippen LogP contribution in [0.25, 0.3) is 0 Å². The van der Waals surface area contributed by atoms with E-state index in [-0.39, 0.29) is 12.6 Å². The van der Waals surface area contributed by atoms with Gasteiger partial charge in [0, 0.05) is 50.6 Å². The second kappa shape index (κ2) is 8.54. The average molecular weight is 371 g/mol. The van der Waals surface area contributed by atoms with Gasteiger partial charge in [0.05, 0.1) is 7.11 Å². The van der Waals surface area contributed by atoms with Crippen LogP contribution in [0.4, 0.5) is 11.8 Å². The molecule has 0 bridgehead atoms. The number of rotatable bonds is 6. The van der Waals surface area contributed by atoms with E-state index in [1.807, 2.05) is 19.1 Å². The van der Waals surface area contributed by atoms with Crippen LogP contribution < -0.4 is 15.4 Å². The van der Waals surface area contributed by atoms with Gasteiger partial charge in [-0.1, -0.05) is 12.1 Å². The molecule has 0 amide bonds. The summed E-state index contributed by atoms with van der Waals surface area (Å²) in [5, 5.41) is 9.55. The zero-order valence-corrected chi connectivity index (χ0v) is 16.4. The number of nitrogens with two attached hydrogens (primary N) is 1. The molecule has 1 aromatic heterocycles. The number of aromatic nitrogens is 2. The van der Waals surface area contributed by atoms with Crippen molar-refractivity contribution in [3.8, 4) is 5.75 Å². The van der Waals surface area contributed by atoms with Gasteiger partial charge in [0.25, 0.3) is 0 Å². The predicted octanol–water partition coefficient (Wildman–Crippen LogP) is 1.76. The first-order chi connectivity index (χ1) is 13.0. The molecule has 1 aliphatic heterocycles. The van der Waals surface area contributed by atoms with Crippen LogP contribution in [-0.4, -0.2) is 59.4 Å². The summed E-state index contributed by atoms with van der Waals surface area (Å²) in [7, 11) is 1.69. The van der Waals surface area contributed by atoms with E-state index < -0.39 is 0 Å². The molecule has 146 valence electrons. The summed E-state index contributed by atoms with van der Waals surface area (Å²) in [6.45, 7) is 7.59. The molecule has 7 heteroatoms. The molecule has 1 saturated heterocycles. The monoisotopic (exact) mass is 371 g/mol. The molecule has 1 aromatic carbocycles. The molecule has 0 aliphatic carbocycles. The van der Waals surface area contributed by atoms with E-state index >= 15 is 0 Å². The summed E-state index contributed by atoms with van der Waals surface area (Å²) in [6, 6.07) is 8.53. The first kappa shape index (κ1) is 19.4. The Kier molecular flexibility index (Phi) is 6.13. The molecule has 2 aromatic rings. The number of benzene rings is 1. The van der Waals surface area contributed by atoms with Crippen LogP contribution in [-0.2, 0) is 6.54 Å². The third-order valence-electron chi connectivity index (χ3n) is 5.09. The zero-order valence-electron chi connectivity index (χ0n) is 16.4. The van der Waals surface area contributed by atoms with Gasteiger partial charge in [0.1, 0.15) is 11.6 Å². The summed E-state index contributed by atoms with van der Waals surface area (Å²) in [4.78, 5) is 13.2. The van der Waals surface area contributed by atoms with Crippen molar-refractivity contribution in [3.05, 3.63) is 41.1 Å². The number of nitrogen functional groups attached to an aromatic ring is 1. The number of nitrogens with zero attached hydrogens (tertiary/aromatic N) is 4. The van der Waals surface area contributed by atoms with Gasteiger partial charge in [-0.3, -0.25) is 4.90 Å². The minimum atomic E-state index is 0.168. The van der Waals surface area contributed by atoms with Crippen molar-refractivity contribution in [1.82, 2.24) is 14.9 Å². The minimum Gasteiger partial charge on any atom is -0.496 e. The molecule has 0 radical (unpaired) electrons. The van der Waals surface area contributed by atoms with Crippen molar-refractivity contribution in [2.45, 2.75) is 32.9 Å². The largest absolute Gasteiger partial charge is 0.496 e. The summed E-state index contributed by atoms with van der Waals surface area (Å²) in [5.74, 6) is 2.08. The van der Waals surface area contributed by atoms with Gasteiger partial charge in [-0.2, -0.15) is 4.98 Å². The van der Waals surface area contributed by atoms with Gasteiger partial charge >= 0.3 is 0 Å². The lowest BCUT2D eigenvalue weighted by Gasteiger charge is -2.42. The molecule has 1 aliphatic rings. The van der Waals surface area contributed by atoms with Gasteiger partial charge in [0.15, 0.2) is 0 Å². The van der Waals surface area contributed by atoms with Crippen molar-refractivity contribution in [1.29, 1.82) is 0 Å². The van der Waals surface area contributed by atoms with Gasteiger partial charge < -0.3 is 20.5 Å². The van der Waals surface area contributed by atoms with E-state index in [1.165, 1.54) is 5.56 Å². The SMILES string of the molecule is COc1ccc(CN2CCN(c3cc(C)nc(N)n3)CC2CCO)cc1C. The third-order valence-corrected chi connectivity index (χ3v) is 5.09. The second-order valence-electron chi connectivity index (χ2n) is 7.11. The average Bonchev–Trinajstić information content (AvgIpc) is 2.63. The number of aliphatic hydroxyl groups is 1. The fourth-order valence-electron chi connectivity index (χ4n) is 3.74. The van der Waals surface area contributed by atoms with E-state index in [0.29, 0.717) is 5.95 Å². The number of anilines is 2. The number of methoxy groups -OCH3 is 1. The van der Waals surface area contributed by atoms with E-state index in [9.17, 15) is 5.11 Å². The first-order valence-corrected chi connectivity index (χ1v) is 9.34. The van der Waals surface area contributed by atoms with Gasteiger partial charge in [0.2, 0.25) is 5.95 Å². The maximum absolute atomic E-state index is 9.55. The lowest BCUT2D eigenvalue weighted by Crippen LogP contribution is -2.53. The first-order valence-electron chi connectivity index (χ1n) is 9.34. The van der Waals surface area contributed by atoms with E-state index in [2.05, 4.69) is 38.8 Å². The van der Waals surface area contributed by atoms with Crippen molar-refractivity contribution >= 4 is 11.8 Å². The summed E-state index contributed by atoms with van der Waals surface area (Å²) < 4.78 is 5.36. The molecule has 1 unspecified atom stereocenters. The topological polar surface area (TPSA) is 87.7 Å². The minimum absolute atomic E-state index is 0.168. The molecule has 0 saturated carbocycles. The highest BCUT2D eigenvalue weighted by molar-refractivity contribution is 5.44. The molecule has 3 N–H and O–H groups in total. The Morgan fingerprint density at radius 2 is 2.04 bits per heavy atom. The summed E-state index contributed by atoms with van der Waals surface area (Å²) in [6.07, 6.45) is 0.727. The lowest BCUT2D eigenvalue weighted by molar-refractivity contribution is 0.135. The molecule has 7 nitrogen and oxygen atoms in total. The molecular weight excluding hydrogens is 342 g/mol. The summed E-state index contributed by atoms with van der Waals surface area (Å²) >= 11 is 0. The molecular formula is C20H29N5O2. The van der Waals surface area contributed by atoms with Gasteiger partial charge in [-0.25, -0.2) is 4.98 Å². The Bertz CT molecular complexity index is 763. The Labute approximate surface area is 160 Å². The number of piperazine rings is 1. The number of ether oxygens (including phenoxy) is 1. The maximum Gasteiger partial charge on any atom is 0.222 e. The highest BCUT2D eigenvalue weighted by Crippen LogP contribution is 2.24. The van der Waals surface area contributed by atoms with Crippen molar-refractivity contribution in [2.24, 2.45) is 0 Å². The molecule has 1 atom stereocenters. The van der Waals surface area contributed by atoms with Crippen molar-refractivity contribution in [3.63, 3.8) is 0 Å². The van der Waals surface area contributed by atoms with Crippen LogP contribution >= 0.6 is 0 Å². The Morgan fingerprint density at radius 1 is 1.22 bits per heavy atom. The van der Waals surface area contributed by atoms with Crippen molar-refractivity contribution in [2.75, 3.05) is 44.0 Å². The number of hydrogen-bond acceptors (Lipinski definition) is 7. The Morgan fingerprint density at radius 3 is 2.70 bits per heavy atom. The third kappa shape index (κ3) is 4.67. The second-order valence-corrected chi connectivity index (χ2v) is 7.11. The van der Waals surface area contributed by atoms with Gasteiger partial charge in [-0.05, 0) is 37.5 Å². The summed E-state index contributed by atoms with van der Waals surface area (Å²) in [5.41, 5.74) is 9.08. The Balaban J connectivity index is 1.73. The Hall–Kier alpha value is -2.38. The van der Waals surface area contributed by atoms with E-state index in [0.717, 1.165) is 55.4 Å². The molecule has 2 heterocycles. The fourth-order valence-corrected chi connectivity index (χ4v) is 3.74. The van der Waals surface area contributed by atoms with Gasteiger partial charge in [-0.15, -0.1) is 0 Å². The standard InChI is InChI=1S/C20H29N5O2/c1-14-10-16(4-5-18(14)27-3)12-24-7-8-25(13-17(24)6-9-26)19-11-15(2)22-20(21)23-19/h4-5,10-11,17,26H,6-9,12-13H2,1-3H3,(H2,21,22,23). The van der Waals surface area contributed by atoms with Crippen LogP contribution in [0.3, 0.4) is 0 Å². The van der Waals surface area contributed by atoms with Crippen LogP contribution in [0.5, 0.6) is 5.75 Å². The normalized spacial score (nSPS) is 17.9.